The van der Waals surface area contributed by atoms with E-state index in [4.69, 9.17) is 18.0 Å². The summed E-state index contributed by atoms with van der Waals surface area (Å²) >= 11 is 5.08. The summed E-state index contributed by atoms with van der Waals surface area (Å²) in [6.07, 6.45) is 7.86. The van der Waals surface area contributed by atoms with Crippen LogP contribution in [0.3, 0.4) is 0 Å². The fourth-order valence-corrected chi connectivity index (χ4v) is 2.33. The molecule has 0 spiro atoms. The first kappa shape index (κ1) is 16.0. The van der Waals surface area contributed by atoms with Gasteiger partial charge in [0.1, 0.15) is 4.99 Å². The highest BCUT2D eigenvalue weighted by Gasteiger charge is 2.04. The lowest BCUT2D eigenvalue weighted by molar-refractivity contribution is 0.617. The lowest BCUT2D eigenvalue weighted by Crippen LogP contribution is -2.14. The highest BCUT2D eigenvalue weighted by molar-refractivity contribution is 7.80. The van der Waals surface area contributed by atoms with Crippen LogP contribution in [0.1, 0.15) is 56.6 Å². The van der Waals surface area contributed by atoms with E-state index < -0.39 is 0 Å². The molecule has 0 unspecified atom stereocenters. The minimum atomic E-state index is 0.463. The Labute approximate surface area is 122 Å². The average Bonchev–Trinajstić information content (AvgIpc) is 2.37. The second kappa shape index (κ2) is 8.92. The van der Waals surface area contributed by atoms with Crippen LogP contribution in [0, 0.1) is 6.92 Å². The molecule has 0 aliphatic carbocycles. The van der Waals surface area contributed by atoms with Crippen molar-refractivity contribution in [2.75, 3.05) is 11.9 Å². The highest BCUT2D eigenvalue weighted by Crippen LogP contribution is 2.18. The van der Waals surface area contributed by atoms with Crippen LogP contribution in [-0.2, 0) is 0 Å². The fraction of sp³-hybridized carbons (Fsp3) is 0.562. The normalized spacial score (nSPS) is 10.4. The number of hydrogen-bond acceptors (Lipinski definition) is 2. The zero-order valence-electron chi connectivity index (χ0n) is 12.2. The van der Waals surface area contributed by atoms with E-state index in [1.165, 1.54) is 44.1 Å². The molecule has 106 valence electrons. The van der Waals surface area contributed by atoms with E-state index in [-0.39, 0.29) is 0 Å². The topological polar surface area (TPSA) is 38.0 Å². The van der Waals surface area contributed by atoms with E-state index >= 15 is 0 Å². The minimum absolute atomic E-state index is 0.463. The van der Waals surface area contributed by atoms with Crippen LogP contribution < -0.4 is 11.1 Å². The maximum absolute atomic E-state index is 5.74. The molecule has 0 aliphatic heterocycles. The zero-order chi connectivity index (χ0) is 14.1. The molecule has 0 saturated heterocycles. The summed E-state index contributed by atoms with van der Waals surface area (Å²) in [7, 11) is 0. The summed E-state index contributed by atoms with van der Waals surface area (Å²) in [4.78, 5) is 0.463. The monoisotopic (exact) mass is 278 g/mol. The molecular weight excluding hydrogens is 252 g/mol. The Hall–Kier alpha value is -1.09. The molecule has 2 nitrogen and oxygen atoms in total. The summed E-state index contributed by atoms with van der Waals surface area (Å²) in [6.45, 7) is 5.32. The number of anilines is 1. The van der Waals surface area contributed by atoms with Gasteiger partial charge in [0, 0.05) is 17.8 Å². The fourth-order valence-electron chi connectivity index (χ4n) is 2.15. The van der Waals surface area contributed by atoms with Gasteiger partial charge in [0.25, 0.3) is 0 Å². The first-order valence-corrected chi connectivity index (χ1v) is 7.70. The van der Waals surface area contributed by atoms with E-state index in [0.717, 1.165) is 17.8 Å². The number of thiocarbonyl (C=S) groups is 1. The summed E-state index contributed by atoms with van der Waals surface area (Å²) in [5.74, 6) is 0. The average molecular weight is 278 g/mol. The van der Waals surface area contributed by atoms with Gasteiger partial charge in [0.15, 0.2) is 0 Å². The van der Waals surface area contributed by atoms with Crippen LogP contribution in [-0.4, -0.2) is 11.5 Å². The Balaban J connectivity index is 2.36. The molecule has 3 N–H and O–H groups in total. The lowest BCUT2D eigenvalue weighted by Gasteiger charge is -2.12. The van der Waals surface area contributed by atoms with Gasteiger partial charge in [0.2, 0.25) is 0 Å². The number of nitrogens with two attached hydrogens (primary N) is 1. The molecule has 0 radical (unpaired) electrons. The number of aryl methyl sites for hydroxylation is 1. The van der Waals surface area contributed by atoms with Crippen LogP contribution in [0.25, 0.3) is 0 Å². The number of rotatable bonds is 9. The first-order valence-electron chi connectivity index (χ1n) is 7.29. The van der Waals surface area contributed by atoms with Crippen molar-refractivity contribution in [1.29, 1.82) is 0 Å². The van der Waals surface area contributed by atoms with Gasteiger partial charge in [0.05, 0.1) is 0 Å². The second-order valence-corrected chi connectivity index (χ2v) is 5.55. The van der Waals surface area contributed by atoms with Gasteiger partial charge in [-0.2, -0.15) is 0 Å². The third-order valence-corrected chi connectivity index (χ3v) is 3.51. The third-order valence-electron chi connectivity index (χ3n) is 3.29. The van der Waals surface area contributed by atoms with Crippen molar-refractivity contribution in [3.63, 3.8) is 0 Å². The van der Waals surface area contributed by atoms with Gasteiger partial charge in [-0.25, -0.2) is 0 Å². The molecular formula is C16H26N2S. The van der Waals surface area contributed by atoms with Crippen LogP contribution in [0.2, 0.25) is 0 Å². The van der Waals surface area contributed by atoms with Crippen molar-refractivity contribution in [3.05, 3.63) is 29.3 Å². The van der Waals surface area contributed by atoms with Gasteiger partial charge in [-0.05, 0) is 31.0 Å². The predicted molar refractivity (Wildman–Crippen MR) is 88.9 cm³/mol. The molecule has 0 amide bonds. The molecule has 3 heteroatoms. The minimum Gasteiger partial charge on any atom is -0.389 e. The van der Waals surface area contributed by atoms with E-state index in [1.54, 1.807) is 0 Å². The van der Waals surface area contributed by atoms with Crippen molar-refractivity contribution in [3.8, 4) is 0 Å². The van der Waals surface area contributed by atoms with E-state index in [1.807, 2.05) is 12.1 Å². The summed E-state index contributed by atoms with van der Waals surface area (Å²) < 4.78 is 0. The van der Waals surface area contributed by atoms with Crippen LogP contribution in [0.15, 0.2) is 18.2 Å². The Kier molecular flexibility index (Phi) is 7.49. The predicted octanol–water partition coefficient (Wildman–Crippen LogP) is 4.40. The van der Waals surface area contributed by atoms with Crippen LogP contribution in [0.5, 0.6) is 0 Å². The Bertz CT molecular complexity index is 402. The number of hydrogen-bond donors (Lipinski definition) is 2. The molecule has 1 rings (SSSR count). The molecule has 0 heterocycles. The van der Waals surface area contributed by atoms with E-state index in [9.17, 15) is 0 Å². The van der Waals surface area contributed by atoms with Crippen LogP contribution >= 0.6 is 12.2 Å². The standard InChI is InChI=1S/C16H26N2S/c1-3-4-5-6-7-8-11-18-15-12-13(2)9-10-14(15)16(17)19/h9-10,12,18H,3-8,11H2,1-2H3,(H2,17,19). The Morgan fingerprint density at radius 1 is 1.16 bits per heavy atom. The first-order chi connectivity index (χ1) is 9.15. The van der Waals surface area contributed by atoms with Crippen molar-refractivity contribution in [1.82, 2.24) is 0 Å². The van der Waals surface area contributed by atoms with Gasteiger partial charge >= 0.3 is 0 Å². The third kappa shape index (κ3) is 6.06. The largest absolute Gasteiger partial charge is 0.389 e. The maximum atomic E-state index is 5.74. The van der Waals surface area contributed by atoms with Gasteiger partial charge in [-0.1, -0.05) is 57.3 Å². The zero-order valence-corrected chi connectivity index (χ0v) is 13.0. The quantitative estimate of drug-likeness (QED) is 0.519. The molecule has 1 aromatic rings. The van der Waals surface area contributed by atoms with E-state index in [0.29, 0.717) is 4.99 Å². The van der Waals surface area contributed by atoms with Crippen molar-refractivity contribution >= 4 is 22.9 Å². The molecule has 0 aromatic heterocycles. The van der Waals surface area contributed by atoms with Gasteiger partial charge in [-0.15, -0.1) is 0 Å². The Morgan fingerprint density at radius 2 is 1.84 bits per heavy atom. The Morgan fingerprint density at radius 3 is 2.53 bits per heavy atom. The van der Waals surface area contributed by atoms with Crippen molar-refractivity contribution in [2.45, 2.75) is 52.4 Å². The highest BCUT2D eigenvalue weighted by atomic mass is 32.1. The maximum Gasteiger partial charge on any atom is 0.106 e. The van der Waals surface area contributed by atoms with Gasteiger partial charge in [-0.3, -0.25) is 0 Å². The smallest absolute Gasteiger partial charge is 0.106 e. The second-order valence-electron chi connectivity index (χ2n) is 5.11. The van der Waals surface area contributed by atoms with Crippen molar-refractivity contribution in [2.24, 2.45) is 5.73 Å². The van der Waals surface area contributed by atoms with Crippen LogP contribution in [0.4, 0.5) is 5.69 Å². The number of benzene rings is 1. The summed E-state index contributed by atoms with van der Waals surface area (Å²) in [6, 6.07) is 6.16. The molecule has 0 aliphatic rings. The van der Waals surface area contributed by atoms with E-state index in [2.05, 4.69) is 25.2 Å². The summed E-state index contributed by atoms with van der Waals surface area (Å²) in [5.41, 5.74) is 8.99. The molecule has 1 aromatic carbocycles. The lowest BCUT2D eigenvalue weighted by atomic mass is 10.1. The SMILES string of the molecule is CCCCCCCCNc1cc(C)ccc1C(N)=S. The molecule has 0 atom stereocenters. The molecule has 0 fully saturated rings. The number of nitrogens with one attached hydrogen (secondary N) is 1. The van der Waals surface area contributed by atoms with Crippen molar-refractivity contribution < 1.29 is 0 Å². The summed E-state index contributed by atoms with van der Waals surface area (Å²) in [5, 5.41) is 3.46. The number of unbranched alkanes of at least 4 members (excludes halogenated alkanes) is 5. The van der Waals surface area contributed by atoms with Gasteiger partial charge < -0.3 is 11.1 Å². The molecule has 0 bridgehead atoms. The molecule has 0 saturated carbocycles. The molecule has 19 heavy (non-hydrogen) atoms.